The first-order chi connectivity index (χ1) is 12.6. The molecule has 1 aromatic heterocycles. The van der Waals surface area contributed by atoms with Crippen molar-refractivity contribution in [3.8, 4) is 0 Å². The third-order valence-electron chi connectivity index (χ3n) is 4.27. The van der Waals surface area contributed by atoms with Gasteiger partial charge in [-0.15, -0.1) is 0 Å². The minimum atomic E-state index is -0.527. The summed E-state index contributed by atoms with van der Waals surface area (Å²) in [6.45, 7) is 5.60. The van der Waals surface area contributed by atoms with Crippen LogP contribution < -0.4 is 4.90 Å². The van der Waals surface area contributed by atoms with Gasteiger partial charge in [0, 0.05) is 24.2 Å². The number of nitrogens with zero attached hydrogens (tertiary/aromatic N) is 1. The fourth-order valence-corrected chi connectivity index (χ4v) is 2.80. The van der Waals surface area contributed by atoms with Gasteiger partial charge >= 0.3 is 5.97 Å². The minimum absolute atomic E-state index is 0.191. The Kier molecular flexibility index (Phi) is 5.37. The van der Waals surface area contributed by atoms with Crippen molar-refractivity contribution in [1.29, 1.82) is 0 Å². The number of ketones is 1. The fourth-order valence-electron chi connectivity index (χ4n) is 2.80. The number of benzene rings is 2. The van der Waals surface area contributed by atoms with Gasteiger partial charge in [-0.25, -0.2) is 4.79 Å². The first-order valence-electron chi connectivity index (χ1n) is 8.66. The van der Waals surface area contributed by atoms with E-state index in [1.54, 1.807) is 24.3 Å². The summed E-state index contributed by atoms with van der Waals surface area (Å²) < 4.78 is 10.6. The molecule has 0 spiro atoms. The second-order valence-corrected chi connectivity index (χ2v) is 5.87. The number of Topliss-reactive ketones (excluding diaryl/α,β-unsaturated/α-hetero) is 1. The Morgan fingerprint density at radius 1 is 1.00 bits per heavy atom. The Labute approximate surface area is 152 Å². The van der Waals surface area contributed by atoms with Gasteiger partial charge in [-0.1, -0.05) is 18.2 Å². The van der Waals surface area contributed by atoms with Crippen LogP contribution in [0.2, 0.25) is 0 Å². The average molecular weight is 351 g/mol. The van der Waals surface area contributed by atoms with Crippen molar-refractivity contribution in [3.63, 3.8) is 0 Å². The smallest absolute Gasteiger partial charge is 0.338 e. The summed E-state index contributed by atoms with van der Waals surface area (Å²) in [6.07, 6.45) is 0. The molecule has 26 heavy (non-hydrogen) atoms. The molecule has 0 fully saturated rings. The first-order valence-corrected chi connectivity index (χ1v) is 8.66. The summed E-state index contributed by atoms with van der Waals surface area (Å²) in [7, 11) is 0. The Morgan fingerprint density at radius 3 is 2.35 bits per heavy atom. The zero-order valence-corrected chi connectivity index (χ0v) is 14.9. The lowest BCUT2D eigenvalue weighted by atomic mass is 10.2. The molecule has 5 heteroatoms. The van der Waals surface area contributed by atoms with E-state index >= 15 is 0 Å². The number of rotatable bonds is 7. The fraction of sp³-hybridized carbons (Fsp3) is 0.238. The van der Waals surface area contributed by atoms with E-state index < -0.39 is 5.97 Å². The van der Waals surface area contributed by atoms with E-state index in [9.17, 15) is 9.59 Å². The highest BCUT2D eigenvalue weighted by molar-refractivity contribution is 6.00. The quantitative estimate of drug-likeness (QED) is 0.469. The van der Waals surface area contributed by atoms with Crippen LogP contribution in [-0.4, -0.2) is 31.4 Å². The lowest BCUT2D eigenvalue weighted by molar-refractivity contribution is 0.0468. The van der Waals surface area contributed by atoms with Gasteiger partial charge in [0.1, 0.15) is 5.58 Å². The molecule has 134 valence electrons. The third kappa shape index (κ3) is 3.77. The van der Waals surface area contributed by atoms with Gasteiger partial charge in [0.15, 0.2) is 12.4 Å². The number of hydrogen-bond donors (Lipinski definition) is 0. The van der Waals surface area contributed by atoms with Crippen molar-refractivity contribution >= 4 is 28.4 Å². The molecule has 3 rings (SSSR count). The normalized spacial score (nSPS) is 10.7. The number of fused-ring (bicyclic) bond motifs is 1. The van der Waals surface area contributed by atoms with Crippen LogP contribution in [0.15, 0.2) is 59.0 Å². The number of para-hydroxylation sites is 1. The van der Waals surface area contributed by atoms with E-state index in [-0.39, 0.29) is 18.2 Å². The highest BCUT2D eigenvalue weighted by Gasteiger charge is 2.16. The summed E-state index contributed by atoms with van der Waals surface area (Å²) in [5.41, 5.74) is 2.09. The minimum Gasteiger partial charge on any atom is -0.454 e. The number of hydrogen-bond acceptors (Lipinski definition) is 5. The van der Waals surface area contributed by atoms with E-state index in [0.717, 1.165) is 24.2 Å². The summed E-state index contributed by atoms with van der Waals surface area (Å²) in [5.74, 6) is -0.703. The van der Waals surface area contributed by atoms with E-state index in [2.05, 4.69) is 18.7 Å². The molecule has 3 aromatic rings. The van der Waals surface area contributed by atoms with Crippen LogP contribution in [0.4, 0.5) is 5.69 Å². The molecule has 0 aliphatic heterocycles. The van der Waals surface area contributed by atoms with E-state index in [4.69, 9.17) is 9.15 Å². The number of furan rings is 1. The maximum absolute atomic E-state index is 12.2. The van der Waals surface area contributed by atoms with E-state index in [1.807, 2.05) is 30.3 Å². The number of carbonyl (C=O) groups is 2. The molecular weight excluding hydrogens is 330 g/mol. The zero-order chi connectivity index (χ0) is 18.5. The highest BCUT2D eigenvalue weighted by atomic mass is 16.5. The van der Waals surface area contributed by atoms with Crippen LogP contribution in [0.3, 0.4) is 0 Å². The van der Waals surface area contributed by atoms with Crippen LogP contribution in [0.25, 0.3) is 11.0 Å². The van der Waals surface area contributed by atoms with E-state index in [0.29, 0.717) is 11.1 Å². The lowest BCUT2D eigenvalue weighted by Gasteiger charge is -2.20. The molecule has 0 bridgehead atoms. The maximum atomic E-state index is 12.2. The van der Waals surface area contributed by atoms with Gasteiger partial charge in [-0.2, -0.15) is 0 Å². The van der Waals surface area contributed by atoms with Crippen molar-refractivity contribution in [2.75, 3.05) is 24.6 Å². The highest BCUT2D eigenvalue weighted by Crippen LogP contribution is 2.19. The summed E-state index contributed by atoms with van der Waals surface area (Å²) in [4.78, 5) is 26.5. The molecule has 0 atom stereocenters. The predicted octanol–water partition coefficient (Wildman–Crippen LogP) is 4.32. The molecule has 1 heterocycles. The molecule has 5 nitrogen and oxygen atoms in total. The molecule has 0 unspecified atom stereocenters. The Bertz CT molecular complexity index is 874. The lowest BCUT2D eigenvalue weighted by Crippen LogP contribution is -2.21. The largest absolute Gasteiger partial charge is 0.454 e. The Hall–Kier alpha value is -3.08. The molecular formula is C21H21NO4. The summed E-state index contributed by atoms with van der Waals surface area (Å²) >= 11 is 0. The average Bonchev–Trinajstić information content (AvgIpc) is 3.11. The Balaban J connectivity index is 1.62. The SMILES string of the molecule is CCN(CC)c1ccc(C(=O)OCC(=O)c2cc3ccccc3o2)cc1. The van der Waals surface area contributed by atoms with Gasteiger partial charge in [0.25, 0.3) is 0 Å². The van der Waals surface area contributed by atoms with Crippen molar-refractivity contribution in [3.05, 3.63) is 65.9 Å². The maximum Gasteiger partial charge on any atom is 0.338 e. The summed E-state index contributed by atoms with van der Waals surface area (Å²) in [6, 6.07) is 16.2. The van der Waals surface area contributed by atoms with Crippen molar-refractivity contribution in [1.82, 2.24) is 0 Å². The molecule has 2 aromatic carbocycles. The van der Waals surface area contributed by atoms with Crippen LogP contribution in [0.1, 0.15) is 34.8 Å². The number of ether oxygens (including phenoxy) is 1. The zero-order valence-electron chi connectivity index (χ0n) is 14.9. The molecule has 0 aliphatic carbocycles. The molecule has 0 saturated heterocycles. The van der Waals surface area contributed by atoms with Crippen LogP contribution in [0, 0.1) is 0 Å². The van der Waals surface area contributed by atoms with Crippen LogP contribution >= 0.6 is 0 Å². The van der Waals surface area contributed by atoms with Gasteiger partial charge in [-0.05, 0) is 50.2 Å². The second-order valence-electron chi connectivity index (χ2n) is 5.87. The number of anilines is 1. The van der Waals surface area contributed by atoms with Gasteiger partial charge in [0.2, 0.25) is 5.78 Å². The number of carbonyl (C=O) groups excluding carboxylic acids is 2. The second kappa shape index (κ2) is 7.87. The van der Waals surface area contributed by atoms with Crippen molar-refractivity contribution in [2.45, 2.75) is 13.8 Å². The summed E-state index contributed by atoms with van der Waals surface area (Å²) in [5, 5.41) is 0.842. The van der Waals surface area contributed by atoms with Crippen molar-refractivity contribution < 1.29 is 18.7 Å². The number of esters is 1. The molecule has 0 aliphatic rings. The molecule has 0 saturated carbocycles. The van der Waals surface area contributed by atoms with Gasteiger partial charge < -0.3 is 14.1 Å². The van der Waals surface area contributed by atoms with Crippen LogP contribution in [-0.2, 0) is 4.74 Å². The van der Waals surface area contributed by atoms with Gasteiger partial charge in [0.05, 0.1) is 5.56 Å². The molecule has 0 amide bonds. The first kappa shape index (κ1) is 17.7. The molecule has 0 N–H and O–H groups in total. The monoisotopic (exact) mass is 351 g/mol. The Morgan fingerprint density at radius 2 is 1.69 bits per heavy atom. The third-order valence-corrected chi connectivity index (χ3v) is 4.27. The predicted molar refractivity (Wildman–Crippen MR) is 101 cm³/mol. The topological polar surface area (TPSA) is 59.8 Å². The van der Waals surface area contributed by atoms with Gasteiger partial charge in [-0.3, -0.25) is 4.79 Å². The van der Waals surface area contributed by atoms with E-state index in [1.165, 1.54) is 0 Å². The van der Waals surface area contributed by atoms with Crippen molar-refractivity contribution in [2.24, 2.45) is 0 Å². The van der Waals surface area contributed by atoms with Crippen LogP contribution in [0.5, 0.6) is 0 Å². The standard InChI is InChI=1S/C21H21NO4/c1-3-22(4-2)17-11-9-15(10-12-17)21(24)25-14-18(23)20-13-16-7-5-6-8-19(16)26-20/h5-13H,3-4,14H2,1-2H3. The molecule has 0 radical (unpaired) electrons.